The molecular formula is C18H22BrN3O3. The van der Waals surface area contributed by atoms with Gasteiger partial charge in [-0.1, -0.05) is 0 Å². The van der Waals surface area contributed by atoms with E-state index in [2.05, 4.69) is 20.9 Å². The number of likely N-dealkylation sites (tertiary alicyclic amines) is 1. The zero-order chi connectivity index (χ0) is 18.1. The lowest BCUT2D eigenvalue weighted by atomic mass is 9.97. The van der Waals surface area contributed by atoms with Crippen molar-refractivity contribution in [2.24, 2.45) is 5.92 Å². The molecule has 3 heterocycles. The van der Waals surface area contributed by atoms with Gasteiger partial charge in [0.1, 0.15) is 11.3 Å². The highest BCUT2D eigenvalue weighted by Crippen LogP contribution is 2.24. The molecular weight excluding hydrogens is 386 g/mol. The minimum absolute atomic E-state index is 0.0372. The molecule has 3 rings (SSSR count). The van der Waals surface area contributed by atoms with E-state index in [4.69, 9.17) is 4.74 Å². The first-order valence-electron chi connectivity index (χ1n) is 8.53. The third-order valence-electron chi connectivity index (χ3n) is 4.65. The Kier molecular flexibility index (Phi) is 5.13. The van der Waals surface area contributed by atoms with Crippen molar-refractivity contribution in [1.29, 1.82) is 0 Å². The molecule has 0 saturated carbocycles. The van der Waals surface area contributed by atoms with Gasteiger partial charge in [-0.25, -0.2) is 4.98 Å². The molecule has 1 fully saturated rings. The Morgan fingerprint density at radius 2 is 2.00 bits per heavy atom. The highest BCUT2D eigenvalue weighted by Gasteiger charge is 2.30. The number of pyridine rings is 1. The van der Waals surface area contributed by atoms with Gasteiger partial charge in [0.2, 0.25) is 0 Å². The molecule has 2 aromatic heterocycles. The zero-order valence-electron chi connectivity index (χ0n) is 14.7. The summed E-state index contributed by atoms with van der Waals surface area (Å²) < 4.78 is 7.85. The summed E-state index contributed by atoms with van der Waals surface area (Å²) in [6, 6.07) is 1.99. The number of imidazole rings is 1. The number of esters is 1. The lowest BCUT2D eigenvalue weighted by molar-refractivity contribution is -0.149. The Balaban J connectivity index is 1.82. The van der Waals surface area contributed by atoms with E-state index in [0.717, 1.165) is 21.4 Å². The quantitative estimate of drug-likeness (QED) is 0.733. The molecule has 6 nitrogen and oxygen atoms in total. The number of aromatic nitrogens is 2. The number of fused-ring (bicyclic) bond motifs is 1. The van der Waals surface area contributed by atoms with E-state index in [9.17, 15) is 9.59 Å². The standard InChI is InChI=1S/C18H22BrN3O3/c1-4-25-18(24)13-5-7-21(8-6-13)17(23)15-12(3)20-16-11(2)9-14(19)10-22(15)16/h9-10,13H,4-8H2,1-3H3. The minimum atomic E-state index is -0.153. The number of piperidine rings is 1. The van der Waals surface area contributed by atoms with E-state index in [1.807, 2.05) is 42.3 Å². The fourth-order valence-corrected chi connectivity index (χ4v) is 3.92. The first kappa shape index (κ1) is 17.9. The number of hydrogen-bond acceptors (Lipinski definition) is 4. The third kappa shape index (κ3) is 3.42. The van der Waals surface area contributed by atoms with Gasteiger partial charge >= 0.3 is 5.97 Å². The minimum Gasteiger partial charge on any atom is -0.466 e. The summed E-state index contributed by atoms with van der Waals surface area (Å²) in [7, 11) is 0. The van der Waals surface area contributed by atoms with Crippen LogP contribution in [0.1, 0.15) is 41.5 Å². The summed E-state index contributed by atoms with van der Waals surface area (Å²) in [6.45, 7) is 7.16. The number of carbonyl (C=O) groups excluding carboxylic acids is 2. The van der Waals surface area contributed by atoms with Crippen LogP contribution in [-0.4, -0.2) is 45.9 Å². The Morgan fingerprint density at radius 1 is 1.32 bits per heavy atom. The second-order valence-corrected chi connectivity index (χ2v) is 7.31. The molecule has 0 N–H and O–H groups in total. The highest BCUT2D eigenvalue weighted by molar-refractivity contribution is 9.10. The van der Waals surface area contributed by atoms with Crippen molar-refractivity contribution in [3.8, 4) is 0 Å². The van der Waals surface area contributed by atoms with Crippen molar-refractivity contribution >= 4 is 33.5 Å². The van der Waals surface area contributed by atoms with E-state index >= 15 is 0 Å². The summed E-state index contributed by atoms with van der Waals surface area (Å²) in [5, 5.41) is 0. The SMILES string of the molecule is CCOC(=O)C1CCN(C(=O)c2c(C)nc3c(C)cc(Br)cn23)CC1. The first-order valence-corrected chi connectivity index (χ1v) is 9.32. The molecule has 25 heavy (non-hydrogen) atoms. The van der Waals surface area contributed by atoms with E-state index in [1.165, 1.54) is 0 Å². The topological polar surface area (TPSA) is 63.9 Å². The van der Waals surface area contributed by atoms with Crippen molar-refractivity contribution in [1.82, 2.24) is 14.3 Å². The van der Waals surface area contributed by atoms with E-state index in [1.54, 1.807) is 0 Å². The lowest BCUT2D eigenvalue weighted by Gasteiger charge is -2.30. The predicted molar refractivity (Wildman–Crippen MR) is 97.6 cm³/mol. The number of ether oxygens (including phenoxy) is 1. The lowest BCUT2D eigenvalue weighted by Crippen LogP contribution is -2.41. The number of halogens is 1. The molecule has 1 saturated heterocycles. The molecule has 0 atom stereocenters. The molecule has 0 aliphatic carbocycles. The van der Waals surface area contributed by atoms with Crippen LogP contribution in [0.25, 0.3) is 5.65 Å². The fourth-order valence-electron chi connectivity index (χ4n) is 3.37. The number of nitrogens with zero attached hydrogens (tertiary/aromatic N) is 3. The maximum atomic E-state index is 13.1. The molecule has 0 unspecified atom stereocenters. The highest BCUT2D eigenvalue weighted by atomic mass is 79.9. The Bertz CT molecular complexity index is 823. The van der Waals surface area contributed by atoms with Crippen LogP contribution in [0.4, 0.5) is 0 Å². The maximum absolute atomic E-state index is 13.1. The zero-order valence-corrected chi connectivity index (χ0v) is 16.3. The summed E-state index contributed by atoms with van der Waals surface area (Å²) in [5.74, 6) is -0.298. The van der Waals surface area contributed by atoms with Gasteiger partial charge in [0, 0.05) is 23.8 Å². The molecule has 1 amide bonds. The monoisotopic (exact) mass is 407 g/mol. The number of hydrogen-bond donors (Lipinski definition) is 0. The van der Waals surface area contributed by atoms with E-state index < -0.39 is 0 Å². The van der Waals surface area contributed by atoms with Crippen molar-refractivity contribution in [3.05, 3.63) is 33.7 Å². The second kappa shape index (κ2) is 7.15. The van der Waals surface area contributed by atoms with Gasteiger partial charge in [-0.05, 0) is 61.2 Å². The Morgan fingerprint density at radius 3 is 2.64 bits per heavy atom. The van der Waals surface area contributed by atoms with E-state index in [0.29, 0.717) is 38.2 Å². The molecule has 0 spiro atoms. The number of amides is 1. The normalized spacial score (nSPS) is 15.6. The van der Waals surface area contributed by atoms with Crippen LogP contribution in [0, 0.1) is 19.8 Å². The molecule has 0 bridgehead atoms. The molecule has 134 valence electrons. The predicted octanol–water partition coefficient (Wildman–Crippen LogP) is 3.13. The van der Waals surface area contributed by atoms with Crippen LogP contribution in [0.3, 0.4) is 0 Å². The van der Waals surface area contributed by atoms with Crippen molar-refractivity contribution in [3.63, 3.8) is 0 Å². The number of aryl methyl sites for hydroxylation is 2. The average molecular weight is 408 g/mol. The van der Waals surface area contributed by atoms with Crippen molar-refractivity contribution < 1.29 is 14.3 Å². The summed E-state index contributed by atoms with van der Waals surface area (Å²) >= 11 is 3.49. The van der Waals surface area contributed by atoms with Crippen LogP contribution >= 0.6 is 15.9 Å². The Labute approximate surface area is 155 Å². The van der Waals surface area contributed by atoms with Gasteiger partial charge in [-0.3, -0.25) is 14.0 Å². The summed E-state index contributed by atoms with van der Waals surface area (Å²) in [5.41, 5.74) is 3.12. The van der Waals surface area contributed by atoms with Crippen LogP contribution in [0.15, 0.2) is 16.7 Å². The molecule has 0 aromatic carbocycles. The maximum Gasteiger partial charge on any atom is 0.309 e. The third-order valence-corrected chi connectivity index (χ3v) is 5.08. The Hall–Kier alpha value is -1.89. The van der Waals surface area contributed by atoms with Crippen LogP contribution in [0.2, 0.25) is 0 Å². The van der Waals surface area contributed by atoms with Crippen molar-refractivity contribution in [2.45, 2.75) is 33.6 Å². The average Bonchev–Trinajstić information content (AvgIpc) is 2.91. The fraction of sp³-hybridized carbons (Fsp3) is 0.500. The van der Waals surface area contributed by atoms with Gasteiger partial charge in [0.25, 0.3) is 5.91 Å². The van der Waals surface area contributed by atoms with Crippen molar-refractivity contribution in [2.75, 3.05) is 19.7 Å². The molecule has 1 aliphatic heterocycles. The smallest absolute Gasteiger partial charge is 0.309 e. The van der Waals surface area contributed by atoms with Gasteiger partial charge in [0.05, 0.1) is 18.2 Å². The molecule has 0 radical (unpaired) electrons. The largest absolute Gasteiger partial charge is 0.466 e. The summed E-state index contributed by atoms with van der Waals surface area (Å²) in [4.78, 5) is 31.3. The van der Waals surface area contributed by atoms with Crippen LogP contribution in [0.5, 0.6) is 0 Å². The van der Waals surface area contributed by atoms with Crippen LogP contribution in [-0.2, 0) is 9.53 Å². The second-order valence-electron chi connectivity index (χ2n) is 6.40. The number of carbonyl (C=O) groups is 2. The summed E-state index contributed by atoms with van der Waals surface area (Å²) in [6.07, 6.45) is 3.16. The van der Waals surface area contributed by atoms with Gasteiger partial charge in [-0.2, -0.15) is 0 Å². The van der Waals surface area contributed by atoms with Gasteiger partial charge in [-0.15, -0.1) is 0 Å². The van der Waals surface area contributed by atoms with Gasteiger partial charge in [0.15, 0.2) is 0 Å². The first-order chi connectivity index (χ1) is 11.9. The molecule has 2 aromatic rings. The molecule has 1 aliphatic rings. The van der Waals surface area contributed by atoms with Gasteiger partial charge < -0.3 is 9.64 Å². The molecule has 7 heteroatoms. The van der Waals surface area contributed by atoms with Crippen LogP contribution < -0.4 is 0 Å². The van der Waals surface area contributed by atoms with E-state index in [-0.39, 0.29) is 17.8 Å². The number of rotatable bonds is 3.